The summed E-state index contributed by atoms with van der Waals surface area (Å²) in [4.78, 5) is 4.26. The van der Waals surface area contributed by atoms with E-state index in [1.165, 1.54) is 0 Å². The van der Waals surface area contributed by atoms with Crippen molar-refractivity contribution in [3.8, 4) is 11.5 Å². The summed E-state index contributed by atoms with van der Waals surface area (Å²) in [5, 5.41) is 6.60. The maximum atomic E-state index is 5.56. The molecule has 0 spiro atoms. The number of para-hydroxylation sites is 1. The third kappa shape index (κ3) is 8.04. The van der Waals surface area contributed by atoms with Crippen LogP contribution >= 0.6 is 24.0 Å². The summed E-state index contributed by atoms with van der Waals surface area (Å²) >= 11 is 0. The summed E-state index contributed by atoms with van der Waals surface area (Å²) in [6.45, 7) is 2.44. The molecule has 7 heteroatoms. The van der Waals surface area contributed by atoms with Gasteiger partial charge in [-0.1, -0.05) is 30.3 Å². The van der Waals surface area contributed by atoms with Crippen molar-refractivity contribution in [3.63, 3.8) is 0 Å². The van der Waals surface area contributed by atoms with Crippen molar-refractivity contribution in [1.82, 2.24) is 10.6 Å². The summed E-state index contributed by atoms with van der Waals surface area (Å²) in [7, 11) is 5.09. The minimum absolute atomic E-state index is 0. The molecular weight excluding hydrogens is 457 g/mol. The zero-order valence-corrected chi connectivity index (χ0v) is 18.4. The molecule has 0 aliphatic carbocycles. The Kier molecular flexibility index (Phi) is 11.3. The first-order valence-electron chi connectivity index (χ1n) is 8.54. The van der Waals surface area contributed by atoms with Crippen LogP contribution in [0.15, 0.2) is 53.5 Å². The number of benzene rings is 2. The molecule has 0 unspecified atom stereocenters. The number of aliphatic imine (C=N–C) groups is 1. The monoisotopic (exact) mass is 485 g/mol. The van der Waals surface area contributed by atoms with Gasteiger partial charge in [-0.15, -0.1) is 24.0 Å². The van der Waals surface area contributed by atoms with Gasteiger partial charge in [-0.25, -0.2) is 0 Å². The fraction of sp³-hybridized carbons (Fsp3) is 0.350. The van der Waals surface area contributed by atoms with Crippen LogP contribution in [0.1, 0.15) is 11.1 Å². The number of methoxy groups -OCH3 is 2. The molecule has 0 saturated carbocycles. The van der Waals surface area contributed by atoms with E-state index >= 15 is 0 Å². The lowest BCUT2D eigenvalue weighted by molar-refractivity contribution is 0.146. The molecule has 2 N–H and O–H groups in total. The average molecular weight is 485 g/mol. The molecule has 6 nitrogen and oxygen atoms in total. The standard InChI is InChI=1S/C20H27N3O3.HI/c1-21-20(23-15-17-6-4-5-7-19(17)25-3)22-14-16-8-10-18(11-9-16)26-13-12-24-2;/h4-11H,12-15H2,1-3H3,(H2,21,22,23);1H. The zero-order valence-electron chi connectivity index (χ0n) is 16.0. The van der Waals surface area contributed by atoms with E-state index in [1.807, 2.05) is 48.5 Å². The highest BCUT2D eigenvalue weighted by Crippen LogP contribution is 2.16. The highest BCUT2D eigenvalue weighted by Gasteiger charge is 2.04. The Labute approximate surface area is 178 Å². The van der Waals surface area contributed by atoms with Crippen molar-refractivity contribution in [2.24, 2.45) is 4.99 Å². The van der Waals surface area contributed by atoms with E-state index in [-0.39, 0.29) is 24.0 Å². The SMILES string of the molecule is CN=C(NCc1ccc(OCCOC)cc1)NCc1ccccc1OC.I. The van der Waals surface area contributed by atoms with Gasteiger partial charge in [0, 0.05) is 32.8 Å². The lowest BCUT2D eigenvalue weighted by atomic mass is 10.2. The van der Waals surface area contributed by atoms with E-state index in [4.69, 9.17) is 14.2 Å². The Morgan fingerprint density at radius 1 is 0.926 bits per heavy atom. The van der Waals surface area contributed by atoms with Gasteiger partial charge in [-0.05, 0) is 23.8 Å². The maximum absolute atomic E-state index is 5.56. The molecule has 0 radical (unpaired) electrons. The quantitative estimate of drug-likeness (QED) is 0.247. The van der Waals surface area contributed by atoms with E-state index in [9.17, 15) is 0 Å². The van der Waals surface area contributed by atoms with Crippen LogP contribution in [-0.2, 0) is 17.8 Å². The first-order valence-corrected chi connectivity index (χ1v) is 8.54. The Bertz CT molecular complexity index is 693. The summed E-state index contributed by atoms with van der Waals surface area (Å²) in [6.07, 6.45) is 0. The number of rotatable bonds is 9. The third-order valence-corrected chi connectivity index (χ3v) is 3.80. The number of halogens is 1. The van der Waals surface area contributed by atoms with Crippen LogP contribution in [0, 0.1) is 0 Å². The van der Waals surface area contributed by atoms with Crippen molar-refractivity contribution in [3.05, 3.63) is 59.7 Å². The molecule has 0 amide bonds. The number of nitrogens with one attached hydrogen (secondary N) is 2. The Balaban J connectivity index is 0.00000364. The van der Waals surface area contributed by atoms with Crippen LogP contribution in [0.4, 0.5) is 0 Å². The molecule has 0 saturated heterocycles. The predicted molar refractivity (Wildman–Crippen MR) is 119 cm³/mol. The molecule has 0 heterocycles. The van der Waals surface area contributed by atoms with Crippen molar-refractivity contribution < 1.29 is 14.2 Å². The van der Waals surface area contributed by atoms with Gasteiger partial charge in [-0.2, -0.15) is 0 Å². The molecule has 2 aromatic rings. The molecule has 0 aliphatic rings. The number of ether oxygens (including phenoxy) is 3. The molecule has 2 aromatic carbocycles. The van der Waals surface area contributed by atoms with Gasteiger partial charge in [-0.3, -0.25) is 4.99 Å². The van der Waals surface area contributed by atoms with E-state index in [1.54, 1.807) is 21.3 Å². The fourth-order valence-corrected chi connectivity index (χ4v) is 2.38. The van der Waals surface area contributed by atoms with Crippen LogP contribution in [0.5, 0.6) is 11.5 Å². The maximum Gasteiger partial charge on any atom is 0.191 e. The molecule has 0 bridgehead atoms. The smallest absolute Gasteiger partial charge is 0.191 e. The summed E-state index contributed by atoms with van der Waals surface area (Å²) in [5.41, 5.74) is 2.22. The molecule has 2 rings (SSSR count). The van der Waals surface area contributed by atoms with Gasteiger partial charge in [0.15, 0.2) is 5.96 Å². The first kappa shape index (κ1) is 23.0. The van der Waals surface area contributed by atoms with E-state index in [2.05, 4.69) is 15.6 Å². The topological polar surface area (TPSA) is 64.1 Å². The second-order valence-corrected chi connectivity index (χ2v) is 5.58. The average Bonchev–Trinajstić information content (AvgIpc) is 2.69. The Morgan fingerprint density at radius 2 is 1.63 bits per heavy atom. The highest BCUT2D eigenvalue weighted by atomic mass is 127. The number of hydrogen-bond donors (Lipinski definition) is 2. The Morgan fingerprint density at radius 3 is 2.30 bits per heavy atom. The summed E-state index contributed by atoms with van der Waals surface area (Å²) < 4.78 is 15.9. The van der Waals surface area contributed by atoms with Gasteiger partial charge in [0.25, 0.3) is 0 Å². The fourth-order valence-electron chi connectivity index (χ4n) is 2.38. The van der Waals surface area contributed by atoms with Crippen LogP contribution in [0.3, 0.4) is 0 Å². The van der Waals surface area contributed by atoms with Crippen LogP contribution in [-0.4, -0.2) is 40.4 Å². The largest absolute Gasteiger partial charge is 0.496 e. The number of guanidine groups is 1. The Hall–Kier alpha value is -2.00. The number of hydrogen-bond acceptors (Lipinski definition) is 4. The van der Waals surface area contributed by atoms with Crippen LogP contribution < -0.4 is 20.1 Å². The molecule has 0 fully saturated rings. The second-order valence-electron chi connectivity index (χ2n) is 5.58. The van der Waals surface area contributed by atoms with Gasteiger partial charge in [0.1, 0.15) is 18.1 Å². The molecule has 0 atom stereocenters. The van der Waals surface area contributed by atoms with Gasteiger partial charge >= 0.3 is 0 Å². The van der Waals surface area contributed by atoms with Crippen molar-refractivity contribution >= 4 is 29.9 Å². The van der Waals surface area contributed by atoms with Gasteiger partial charge in [0.2, 0.25) is 0 Å². The molecule has 27 heavy (non-hydrogen) atoms. The van der Waals surface area contributed by atoms with Crippen LogP contribution in [0.25, 0.3) is 0 Å². The number of nitrogens with zero attached hydrogens (tertiary/aromatic N) is 1. The summed E-state index contributed by atoms with van der Waals surface area (Å²) in [5.74, 6) is 2.43. The van der Waals surface area contributed by atoms with Gasteiger partial charge < -0.3 is 24.8 Å². The van der Waals surface area contributed by atoms with Crippen molar-refractivity contribution in [2.45, 2.75) is 13.1 Å². The van der Waals surface area contributed by atoms with E-state index < -0.39 is 0 Å². The van der Waals surface area contributed by atoms with Crippen molar-refractivity contribution in [2.75, 3.05) is 34.5 Å². The zero-order chi connectivity index (χ0) is 18.6. The van der Waals surface area contributed by atoms with Crippen LogP contribution in [0.2, 0.25) is 0 Å². The minimum atomic E-state index is 0. The predicted octanol–water partition coefficient (Wildman–Crippen LogP) is 3.20. The first-order chi connectivity index (χ1) is 12.8. The molecule has 0 aromatic heterocycles. The van der Waals surface area contributed by atoms with Crippen molar-refractivity contribution in [1.29, 1.82) is 0 Å². The third-order valence-electron chi connectivity index (χ3n) is 3.80. The lowest BCUT2D eigenvalue weighted by Crippen LogP contribution is -2.36. The molecule has 0 aliphatic heterocycles. The lowest BCUT2D eigenvalue weighted by Gasteiger charge is -2.14. The molecular formula is C20H28IN3O3. The van der Waals surface area contributed by atoms with Gasteiger partial charge in [0.05, 0.1) is 13.7 Å². The minimum Gasteiger partial charge on any atom is -0.496 e. The highest BCUT2D eigenvalue weighted by molar-refractivity contribution is 14.0. The summed E-state index contributed by atoms with van der Waals surface area (Å²) in [6, 6.07) is 15.9. The van der Waals surface area contributed by atoms with E-state index in [0.717, 1.165) is 28.6 Å². The second kappa shape index (κ2) is 13.2. The van der Waals surface area contributed by atoms with E-state index in [0.29, 0.717) is 26.3 Å². The molecule has 148 valence electrons. The normalized spacial score (nSPS) is 10.7.